The third-order valence-corrected chi connectivity index (χ3v) is 4.23. The Morgan fingerprint density at radius 3 is 3.19 bits per heavy atom. The van der Waals surface area contributed by atoms with Crippen LogP contribution in [0.5, 0.6) is 5.75 Å². The first-order chi connectivity index (χ1) is 7.83. The predicted molar refractivity (Wildman–Crippen MR) is 68.1 cm³/mol. The Kier molecular flexibility index (Phi) is 2.52. The summed E-state index contributed by atoms with van der Waals surface area (Å²) in [6, 6.07) is 6.41. The van der Waals surface area contributed by atoms with E-state index in [1.165, 1.54) is 10.5 Å². The van der Waals surface area contributed by atoms with Gasteiger partial charge >= 0.3 is 0 Å². The van der Waals surface area contributed by atoms with E-state index in [9.17, 15) is 0 Å². The molecule has 0 saturated heterocycles. The molecule has 1 aromatic carbocycles. The standard InChI is InChI=1S/C14H14OS/c1-10-7-8-12-14(9-10)16-13-6-4-2-3-5-11(13)15-12/h2-4,6-9,11,13H,5H2,1H3. The molecule has 2 unspecified atom stereocenters. The lowest BCUT2D eigenvalue weighted by molar-refractivity contribution is 0.202. The van der Waals surface area contributed by atoms with Gasteiger partial charge in [0.25, 0.3) is 0 Å². The van der Waals surface area contributed by atoms with Crippen LogP contribution in [0.15, 0.2) is 47.4 Å². The van der Waals surface area contributed by atoms with Crippen molar-refractivity contribution in [3.05, 3.63) is 48.1 Å². The quantitative estimate of drug-likeness (QED) is 0.671. The van der Waals surface area contributed by atoms with E-state index in [0.717, 1.165) is 12.2 Å². The zero-order valence-corrected chi connectivity index (χ0v) is 10.0. The molecule has 1 nitrogen and oxygen atoms in total. The van der Waals surface area contributed by atoms with Crippen LogP contribution in [0.1, 0.15) is 12.0 Å². The fourth-order valence-electron chi connectivity index (χ4n) is 2.07. The molecule has 0 radical (unpaired) electrons. The molecule has 0 bridgehead atoms. The van der Waals surface area contributed by atoms with Crippen molar-refractivity contribution in [3.8, 4) is 5.75 Å². The van der Waals surface area contributed by atoms with Crippen molar-refractivity contribution < 1.29 is 4.74 Å². The first kappa shape index (κ1) is 10.0. The molecule has 0 aromatic heterocycles. The average Bonchev–Trinajstić information content (AvgIpc) is 2.50. The van der Waals surface area contributed by atoms with Crippen molar-refractivity contribution in [2.75, 3.05) is 0 Å². The second-order valence-electron chi connectivity index (χ2n) is 4.24. The van der Waals surface area contributed by atoms with E-state index in [1.54, 1.807) is 0 Å². The average molecular weight is 230 g/mol. The Morgan fingerprint density at radius 2 is 2.25 bits per heavy atom. The van der Waals surface area contributed by atoms with Gasteiger partial charge in [-0.2, -0.15) is 0 Å². The van der Waals surface area contributed by atoms with Crippen molar-refractivity contribution in [2.45, 2.75) is 29.6 Å². The van der Waals surface area contributed by atoms with Crippen LogP contribution in [-0.4, -0.2) is 11.4 Å². The zero-order chi connectivity index (χ0) is 11.0. The van der Waals surface area contributed by atoms with Crippen molar-refractivity contribution >= 4 is 11.8 Å². The summed E-state index contributed by atoms with van der Waals surface area (Å²) in [4.78, 5) is 1.27. The lowest BCUT2D eigenvalue weighted by Gasteiger charge is -2.30. The van der Waals surface area contributed by atoms with Gasteiger partial charge in [-0.25, -0.2) is 0 Å². The number of rotatable bonds is 0. The minimum atomic E-state index is 0.287. The van der Waals surface area contributed by atoms with Gasteiger partial charge in [-0.15, -0.1) is 11.8 Å². The summed E-state index contributed by atoms with van der Waals surface area (Å²) in [5.74, 6) is 1.04. The van der Waals surface area contributed by atoms with Crippen molar-refractivity contribution in [3.63, 3.8) is 0 Å². The third-order valence-electron chi connectivity index (χ3n) is 2.92. The fraction of sp³-hybridized carbons (Fsp3) is 0.286. The number of allylic oxidation sites excluding steroid dienone is 2. The van der Waals surface area contributed by atoms with Gasteiger partial charge in [-0.3, -0.25) is 0 Å². The lowest BCUT2D eigenvalue weighted by Crippen LogP contribution is -2.30. The second-order valence-corrected chi connectivity index (χ2v) is 5.46. The minimum absolute atomic E-state index is 0.287. The summed E-state index contributed by atoms with van der Waals surface area (Å²) < 4.78 is 6.05. The summed E-state index contributed by atoms with van der Waals surface area (Å²) in [6.45, 7) is 2.12. The Hall–Kier alpha value is -1.15. The molecule has 0 amide bonds. The number of hydrogen-bond acceptors (Lipinski definition) is 2. The summed E-state index contributed by atoms with van der Waals surface area (Å²) >= 11 is 1.92. The molecular weight excluding hydrogens is 216 g/mol. The molecule has 1 aromatic rings. The van der Waals surface area contributed by atoms with Crippen LogP contribution in [0.2, 0.25) is 0 Å². The van der Waals surface area contributed by atoms with E-state index >= 15 is 0 Å². The Bertz CT molecular complexity index is 462. The molecule has 0 spiro atoms. The molecule has 1 aliphatic heterocycles. The molecule has 2 aliphatic rings. The van der Waals surface area contributed by atoms with Gasteiger partial charge in [-0.05, 0) is 24.6 Å². The molecule has 0 saturated carbocycles. The molecule has 0 N–H and O–H groups in total. The smallest absolute Gasteiger partial charge is 0.133 e. The van der Waals surface area contributed by atoms with E-state index in [1.807, 2.05) is 11.8 Å². The Labute approximate surface area is 100 Å². The number of fused-ring (bicyclic) bond motifs is 2. The molecule has 2 heteroatoms. The highest BCUT2D eigenvalue weighted by molar-refractivity contribution is 8.00. The highest BCUT2D eigenvalue weighted by atomic mass is 32.2. The maximum absolute atomic E-state index is 6.05. The minimum Gasteiger partial charge on any atom is -0.487 e. The van der Waals surface area contributed by atoms with Crippen LogP contribution >= 0.6 is 11.8 Å². The Balaban J connectivity index is 1.96. The highest BCUT2D eigenvalue weighted by Crippen LogP contribution is 2.42. The summed E-state index contributed by atoms with van der Waals surface area (Å²) in [7, 11) is 0. The van der Waals surface area contributed by atoms with E-state index < -0.39 is 0 Å². The van der Waals surface area contributed by atoms with Crippen LogP contribution < -0.4 is 4.74 Å². The number of aryl methyl sites for hydroxylation is 1. The maximum atomic E-state index is 6.05. The van der Waals surface area contributed by atoms with Crippen molar-refractivity contribution in [1.29, 1.82) is 0 Å². The summed E-state index contributed by atoms with van der Waals surface area (Å²) in [6.07, 6.45) is 9.94. The van der Waals surface area contributed by atoms with Crippen LogP contribution in [0.3, 0.4) is 0 Å². The number of thioether (sulfide) groups is 1. The van der Waals surface area contributed by atoms with E-state index in [4.69, 9.17) is 4.74 Å². The molecule has 0 fully saturated rings. The van der Waals surface area contributed by atoms with Crippen LogP contribution in [-0.2, 0) is 0 Å². The largest absolute Gasteiger partial charge is 0.487 e. The molecule has 82 valence electrons. The van der Waals surface area contributed by atoms with Crippen molar-refractivity contribution in [1.82, 2.24) is 0 Å². The van der Waals surface area contributed by atoms with Gasteiger partial charge in [0.1, 0.15) is 11.9 Å². The van der Waals surface area contributed by atoms with E-state index in [2.05, 4.69) is 49.4 Å². The number of benzene rings is 1. The highest BCUT2D eigenvalue weighted by Gasteiger charge is 2.28. The number of ether oxygens (including phenoxy) is 1. The van der Waals surface area contributed by atoms with Crippen molar-refractivity contribution in [2.24, 2.45) is 0 Å². The Morgan fingerprint density at radius 1 is 1.31 bits per heavy atom. The molecule has 2 atom stereocenters. The van der Waals surface area contributed by atoms with Gasteiger partial charge < -0.3 is 4.74 Å². The topological polar surface area (TPSA) is 9.23 Å². The van der Waals surface area contributed by atoms with E-state index in [-0.39, 0.29) is 6.10 Å². The lowest BCUT2D eigenvalue weighted by atomic mass is 10.1. The first-order valence-corrected chi connectivity index (χ1v) is 6.48. The SMILES string of the molecule is Cc1ccc2c(c1)SC1C=CC=CCC1O2. The first-order valence-electron chi connectivity index (χ1n) is 5.60. The molecule has 1 aliphatic carbocycles. The molecular formula is C14H14OS. The van der Waals surface area contributed by atoms with Gasteiger partial charge in [-0.1, -0.05) is 30.4 Å². The zero-order valence-electron chi connectivity index (χ0n) is 9.22. The van der Waals surface area contributed by atoms with Crippen LogP contribution in [0, 0.1) is 6.92 Å². The second kappa shape index (κ2) is 4.02. The maximum Gasteiger partial charge on any atom is 0.133 e. The van der Waals surface area contributed by atoms with Gasteiger partial charge in [0, 0.05) is 6.42 Å². The van der Waals surface area contributed by atoms with Gasteiger partial charge in [0.05, 0.1) is 10.1 Å². The number of hydrogen-bond donors (Lipinski definition) is 0. The molecule has 16 heavy (non-hydrogen) atoms. The van der Waals surface area contributed by atoms with Crippen LogP contribution in [0.25, 0.3) is 0 Å². The molecule has 1 heterocycles. The normalized spacial score (nSPS) is 26.6. The predicted octanol–water partition coefficient (Wildman–Crippen LogP) is 3.73. The summed E-state index contributed by atoms with van der Waals surface area (Å²) in [5.41, 5.74) is 1.30. The summed E-state index contributed by atoms with van der Waals surface area (Å²) in [5, 5.41) is 0.448. The monoisotopic (exact) mass is 230 g/mol. The van der Waals surface area contributed by atoms with Crippen LogP contribution in [0.4, 0.5) is 0 Å². The van der Waals surface area contributed by atoms with Gasteiger partial charge in [0.2, 0.25) is 0 Å². The third kappa shape index (κ3) is 1.78. The van der Waals surface area contributed by atoms with E-state index in [0.29, 0.717) is 5.25 Å². The van der Waals surface area contributed by atoms with Gasteiger partial charge in [0.15, 0.2) is 0 Å². The fourth-order valence-corrected chi connectivity index (χ4v) is 3.33. The molecule has 3 rings (SSSR count).